The fraction of sp³-hybridized carbons (Fsp3) is 0.283. The molecule has 0 unspecified atom stereocenters. The molecule has 0 amide bonds. The molecule has 1 heterocycles. The Morgan fingerprint density at radius 1 is 0.578 bits per heavy atom. The third-order valence-corrected chi connectivity index (χ3v) is 11.7. The minimum Gasteiger partial charge on any atom is -0.507 e. The molecule has 0 fully saturated rings. The van der Waals surface area contributed by atoms with Gasteiger partial charge in [-0.2, -0.15) is 35.8 Å². The van der Waals surface area contributed by atoms with Crippen molar-refractivity contribution in [2.45, 2.75) is 112 Å². The van der Waals surface area contributed by atoms with Crippen LogP contribution >= 0.6 is 0 Å². The Labute approximate surface area is 411 Å². The Bertz CT molecular complexity index is 3490. The van der Waals surface area contributed by atoms with Crippen LogP contribution in [0.3, 0.4) is 0 Å². The van der Waals surface area contributed by atoms with Crippen LogP contribution in [0.5, 0.6) is 5.75 Å². The number of para-hydroxylation sites is 1. The number of hydrogen-bond donors (Lipinski definition) is 1. The number of rotatable bonds is 6. The molecule has 8 aromatic rings. The van der Waals surface area contributed by atoms with Crippen LogP contribution in [0.1, 0.15) is 125 Å². The van der Waals surface area contributed by atoms with Crippen molar-refractivity contribution in [2.24, 2.45) is 0 Å². The average Bonchev–Trinajstić information content (AvgIpc) is 3.68. The van der Waals surface area contributed by atoms with Crippen molar-refractivity contribution in [1.29, 1.82) is 0 Å². The Kier molecular flexibility index (Phi) is 9.33. The van der Waals surface area contributed by atoms with Crippen LogP contribution < -0.4 is 0 Å². The van der Waals surface area contributed by atoms with Gasteiger partial charge in [0.05, 0.1) is 27.8 Å². The molecule has 1 N–H and O–H groups in total. The van der Waals surface area contributed by atoms with E-state index in [9.17, 15) is 6.48 Å². The molecule has 7 aromatic carbocycles. The summed E-state index contributed by atoms with van der Waals surface area (Å²) in [5.41, 5.74) is 7.15. The second kappa shape index (κ2) is 17.1. The Balaban J connectivity index is 0.00000800. The van der Waals surface area contributed by atoms with Gasteiger partial charge in [0.25, 0.3) is 0 Å². The summed E-state index contributed by atoms with van der Waals surface area (Å²) in [5.74, 6) is 0.646. The molecule has 8 rings (SSSR count). The number of hydrogen-bond acceptors (Lipinski definition) is 2. The number of benzene rings is 7. The van der Waals surface area contributed by atoms with Crippen LogP contribution in [0.15, 0.2) is 133 Å². The van der Waals surface area contributed by atoms with Crippen molar-refractivity contribution in [3.63, 3.8) is 0 Å². The van der Waals surface area contributed by atoms with E-state index >= 15 is 0 Å². The maximum atomic E-state index is 12.6. The van der Waals surface area contributed by atoms with Gasteiger partial charge in [-0.25, -0.2) is 10.5 Å². The fourth-order valence-electron chi connectivity index (χ4n) is 7.92. The Hall–Kier alpha value is -5.50. The summed E-state index contributed by atoms with van der Waals surface area (Å²) in [5, 5.41) is 12.6. The molecule has 0 bridgehead atoms. The summed E-state index contributed by atoms with van der Waals surface area (Å²) < 4.78 is 88.5. The van der Waals surface area contributed by atoms with Crippen molar-refractivity contribution in [1.82, 2.24) is 9.55 Å². The number of imidazole rings is 1. The quantitative estimate of drug-likeness (QED) is 0.169. The van der Waals surface area contributed by atoms with Crippen molar-refractivity contribution in [3.8, 4) is 67.3 Å². The molecule has 0 spiro atoms. The first-order valence-electron chi connectivity index (χ1n) is 26.5. The maximum absolute atomic E-state index is 12.6. The maximum Gasteiger partial charge on any atom is 2.00 e. The zero-order valence-corrected chi connectivity index (χ0v) is 41.1. The summed E-state index contributed by atoms with van der Waals surface area (Å²) >= 11 is 0. The first-order valence-corrected chi connectivity index (χ1v) is 21.5. The number of fused-ring (bicyclic) bond motifs is 1. The fourth-order valence-corrected chi connectivity index (χ4v) is 7.92. The van der Waals surface area contributed by atoms with Crippen molar-refractivity contribution in [3.05, 3.63) is 173 Å². The van der Waals surface area contributed by atoms with Crippen LogP contribution in [0.4, 0.5) is 0 Å². The molecule has 0 aliphatic carbocycles. The number of aromatic hydroxyl groups is 1. The van der Waals surface area contributed by atoms with Gasteiger partial charge in [0.2, 0.25) is 0 Å². The average molecular weight is 1030 g/mol. The zero-order chi connectivity index (χ0) is 53.8. The van der Waals surface area contributed by atoms with Crippen molar-refractivity contribution < 1.29 is 39.9 Å². The van der Waals surface area contributed by atoms with Crippen LogP contribution in [0.25, 0.3) is 72.6 Å². The smallest absolute Gasteiger partial charge is 0.507 e. The van der Waals surface area contributed by atoms with Gasteiger partial charge in [-0.15, -0.1) is 28.8 Å². The summed E-state index contributed by atoms with van der Waals surface area (Å²) in [6.07, 6.45) is 0. The van der Waals surface area contributed by atoms with Gasteiger partial charge in [-0.1, -0.05) is 173 Å². The second-order valence-corrected chi connectivity index (χ2v) is 20.7. The molecule has 0 aliphatic heterocycles. The molecule has 0 radical (unpaired) electrons. The van der Waals surface area contributed by atoms with Gasteiger partial charge in [-0.05, 0) is 77.8 Å². The van der Waals surface area contributed by atoms with E-state index in [2.05, 4.69) is 115 Å². The standard InChI is InChI=1S/C60H62N2O.Pt/c1-38-25-27-39(28-26-38)41-21-17-22-42(31-41)43-32-44(34-46(33-43)58(5,6)7)48-23-18-24-53-54(48)61-56(50-36-47(59(8,9)10)37-51(55(50)63)60(11,12)13)62(53)52-30-29-45(57(2,3)4)35-49(52)40-19-15-14-16-20-40;/h14-21,23-31,33-37,63H,1-13H3;/q-2;+2/i1D3,17D,21D,25D,26D,27D,28D,31D;. The number of nitrogens with zero attached hydrogens (tertiary/aromatic N) is 2. The number of phenolic OH excluding ortho intramolecular Hbond substituents is 1. The summed E-state index contributed by atoms with van der Waals surface area (Å²) in [6.45, 7) is 22.5. The Morgan fingerprint density at radius 2 is 1.22 bits per heavy atom. The van der Waals surface area contributed by atoms with Gasteiger partial charge >= 0.3 is 21.1 Å². The van der Waals surface area contributed by atoms with Crippen molar-refractivity contribution >= 4 is 11.0 Å². The molecular weight excluding hydrogens is 960 g/mol. The van der Waals surface area contributed by atoms with E-state index in [-0.39, 0.29) is 48.8 Å². The van der Waals surface area contributed by atoms with E-state index in [4.69, 9.17) is 17.3 Å². The first-order chi connectivity index (χ1) is 33.7. The monoisotopic (exact) mass is 1030 g/mol. The summed E-state index contributed by atoms with van der Waals surface area (Å²) in [6, 6.07) is 32.6. The molecule has 0 saturated carbocycles. The van der Waals surface area contributed by atoms with Crippen LogP contribution in [0.2, 0.25) is 0 Å². The minimum atomic E-state index is -2.96. The predicted octanol–water partition coefficient (Wildman–Crippen LogP) is 16.2. The number of aromatic nitrogens is 2. The summed E-state index contributed by atoms with van der Waals surface area (Å²) in [7, 11) is 0. The van der Waals surface area contributed by atoms with Crippen molar-refractivity contribution in [2.75, 3.05) is 0 Å². The summed E-state index contributed by atoms with van der Waals surface area (Å²) in [4.78, 5) is 5.57. The van der Waals surface area contributed by atoms with E-state index in [1.165, 1.54) is 0 Å². The second-order valence-electron chi connectivity index (χ2n) is 20.7. The van der Waals surface area contributed by atoms with E-state index in [1.54, 1.807) is 0 Å². The van der Waals surface area contributed by atoms with Gasteiger partial charge in [0.15, 0.2) is 0 Å². The van der Waals surface area contributed by atoms with Gasteiger partial charge in [-0.3, -0.25) is 4.57 Å². The first kappa shape index (κ1) is 34.8. The SMILES string of the molecule is [2H]c1[c-]c(-c2[c-]c(-c3cccc4c3nc(-c3cc(C(C)(C)C)cc(C(C)(C)C)c3O)n4-c3ccc(C(C)(C)C)cc3-c3ccccc3)cc(C(C)(C)C)c2)c([2H])c(-c2c([2H])c([2H])c(C([2H])([2H])[2H])c([2H])c2[2H])c1[2H].[Pt+2]. The van der Waals surface area contributed by atoms with E-state index in [1.807, 2.05) is 75.4 Å². The molecular formula is C60H62N2OPt. The predicted molar refractivity (Wildman–Crippen MR) is 267 cm³/mol. The van der Waals surface area contributed by atoms with Gasteiger partial charge in [0, 0.05) is 16.6 Å². The largest absolute Gasteiger partial charge is 2.00 e. The number of phenols is 1. The molecule has 328 valence electrons. The third-order valence-electron chi connectivity index (χ3n) is 11.7. The van der Waals surface area contributed by atoms with Crippen LogP contribution in [-0.4, -0.2) is 14.7 Å². The van der Waals surface area contributed by atoms with Crippen LogP contribution in [-0.2, 0) is 42.7 Å². The molecule has 64 heavy (non-hydrogen) atoms. The Morgan fingerprint density at radius 3 is 1.86 bits per heavy atom. The third kappa shape index (κ3) is 9.20. The van der Waals surface area contributed by atoms with E-state index in [0.29, 0.717) is 33.6 Å². The molecule has 0 saturated heterocycles. The minimum absolute atomic E-state index is 0. The molecule has 1 aromatic heterocycles. The van der Waals surface area contributed by atoms with E-state index in [0.717, 1.165) is 44.6 Å². The van der Waals surface area contributed by atoms with E-state index < -0.39 is 71.1 Å². The molecule has 4 heteroatoms. The normalized spacial score (nSPS) is 14.8. The molecule has 3 nitrogen and oxygen atoms in total. The molecule has 0 atom stereocenters. The van der Waals surface area contributed by atoms with Gasteiger partial charge in [0.1, 0.15) is 11.6 Å². The topological polar surface area (TPSA) is 38.1 Å². The molecule has 0 aliphatic rings. The van der Waals surface area contributed by atoms with Gasteiger partial charge < -0.3 is 5.11 Å². The van der Waals surface area contributed by atoms with Crippen LogP contribution in [0, 0.1) is 19.0 Å². The zero-order valence-electron chi connectivity index (χ0n) is 48.8.